The fourth-order valence-electron chi connectivity index (χ4n) is 4.32. The van der Waals surface area contributed by atoms with Gasteiger partial charge in [0.2, 0.25) is 0 Å². The van der Waals surface area contributed by atoms with E-state index in [9.17, 15) is 4.39 Å². The predicted octanol–water partition coefficient (Wildman–Crippen LogP) is 4.17. The molecule has 7 nitrogen and oxygen atoms in total. The Kier molecular flexibility index (Phi) is 4.24. The number of nitrogens with one attached hydrogen (secondary N) is 3. The molecule has 0 spiro atoms. The van der Waals surface area contributed by atoms with Gasteiger partial charge in [-0.15, -0.1) is 0 Å². The Balaban J connectivity index is 1.47. The summed E-state index contributed by atoms with van der Waals surface area (Å²) in [6.07, 6.45) is 3.86. The van der Waals surface area contributed by atoms with Gasteiger partial charge in [0.15, 0.2) is 11.5 Å². The largest absolute Gasteiger partial charge is 0.336 e. The van der Waals surface area contributed by atoms with Crippen molar-refractivity contribution in [1.29, 1.82) is 0 Å². The SMILES string of the molecule is Fc1cccc(-c2nccc3[nH]c(-c4n[nH]c5ccc(C6CCNCC6)nc45)nc23)c1. The minimum Gasteiger partial charge on any atom is -0.336 e. The van der Waals surface area contributed by atoms with Gasteiger partial charge in [-0.2, -0.15) is 5.10 Å². The summed E-state index contributed by atoms with van der Waals surface area (Å²) in [6.45, 7) is 2.03. The monoisotopic (exact) mass is 413 g/mol. The zero-order valence-electron chi connectivity index (χ0n) is 16.7. The number of H-pyrrole nitrogens is 2. The van der Waals surface area contributed by atoms with Gasteiger partial charge in [0.1, 0.15) is 16.9 Å². The van der Waals surface area contributed by atoms with Crippen molar-refractivity contribution in [3.05, 3.63) is 60.2 Å². The summed E-state index contributed by atoms with van der Waals surface area (Å²) in [5, 5.41) is 11.0. The van der Waals surface area contributed by atoms with Crippen LogP contribution in [0.25, 0.3) is 44.8 Å². The highest BCUT2D eigenvalue weighted by atomic mass is 19.1. The van der Waals surface area contributed by atoms with Crippen molar-refractivity contribution in [3.63, 3.8) is 0 Å². The second-order valence-electron chi connectivity index (χ2n) is 7.88. The van der Waals surface area contributed by atoms with E-state index in [0.29, 0.717) is 34.2 Å². The molecule has 1 aliphatic rings. The number of benzene rings is 1. The molecular weight excluding hydrogens is 393 g/mol. The molecule has 0 unspecified atom stereocenters. The number of imidazole rings is 1. The van der Waals surface area contributed by atoms with E-state index in [1.54, 1.807) is 12.3 Å². The second-order valence-corrected chi connectivity index (χ2v) is 7.88. The molecule has 5 aromatic rings. The standard InChI is InChI=1S/C23H20FN7/c24-15-3-1-2-14(12-15)19-20-17(8-11-26-19)28-23(29-20)22-21-18(30-31-22)5-4-16(27-21)13-6-9-25-10-7-13/h1-5,8,11-13,25H,6-7,9-10H2,(H,28,29)(H,30,31). The quantitative estimate of drug-likeness (QED) is 0.413. The number of hydrogen-bond donors (Lipinski definition) is 3. The maximum absolute atomic E-state index is 13.8. The number of piperidine rings is 1. The van der Waals surface area contributed by atoms with Gasteiger partial charge in [-0.25, -0.2) is 14.4 Å². The molecule has 0 saturated carbocycles. The zero-order valence-corrected chi connectivity index (χ0v) is 16.7. The maximum atomic E-state index is 13.8. The van der Waals surface area contributed by atoms with Crippen LogP contribution < -0.4 is 5.32 Å². The molecule has 154 valence electrons. The van der Waals surface area contributed by atoms with Crippen LogP contribution in [-0.4, -0.2) is 43.2 Å². The average Bonchev–Trinajstić information content (AvgIpc) is 3.43. The van der Waals surface area contributed by atoms with Crippen molar-refractivity contribution in [1.82, 2.24) is 35.5 Å². The molecule has 1 fully saturated rings. The molecule has 8 heteroatoms. The fourth-order valence-corrected chi connectivity index (χ4v) is 4.32. The van der Waals surface area contributed by atoms with E-state index < -0.39 is 0 Å². The number of rotatable bonds is 3. The summed E-state index contributed by atoms with van der Waals surface area (Å²) in [5.74, 6) is 0.759. The lowest BCUT2D eigenvalue weighted by molar-refractivity contribution is 0.454. The van der Waals surface area contributed by atoms with Gasteiger partial charge < -0.3 is 10.3 Å². The Labute approximate surface area is 177 Å². The first kappa shape index (κ1) is 18.1. The predicted molar refractivity (Wildman–Crippen MR) is 117 cm³/mol. The van der Waals surface area contributed by atoms with Crippen molar-refractivity contribution in [2.24, 2.45) is 0 Å². The molecular formula is C23H20FN7. The number of fused-ring (bicyclic) bond motifs is 2. The van der Waals surface area contributed by atoms with E-state index in [2.05, 4.69) is 31.5 Å². The number of aromatic amines is 2. The van der Waals surface area contributed by atoms with Gasteiger partial charge in [0.25, 0.3) is 0 Å². The number of halogens is 1. The Hall–Kier alpha value is -3.65. The molecule has 0 aliphatic carbocycles. The zero-order chi connectivity index (χ0) is 20.8. The highest BCUT2D eigenvalue weighted by molar-refractivity contribution is 5.94. The smallest absolute Gasteiger partial charge is 0.161 e. The molecule has 31 heavy (non-hydrogen) atoms. The summed E-state index contributed by atoms with van der Waals surface area (Å²) < 4.78 is 13.8. The first-order valence-electron chi connectivity index (χ1n) is 10.4. The lowest BCUT2D eigenvalue weighted by atomic mass is 9.94. The first-order chi connectivity index (χ1) is 15.3. The lowest BCUT2D eigenvalue weighted by Crippen LogP contribution is -2.27. The molecule has 0 amide bonds. The molecule has 6 rings (SSSR count). The summed E-state index contributed by atoms with van der Waals surface area (Å²) in [7, 11) is 0. The van der Waals surface area contributed by atoms with Gasteiger partial charge in [0, 0.05) is 23.4 Å². The van der Waals surface area contributed by atoms with Crippen LogP contribution in [0.3, 0.4) is 0 Å². The van der Waals surface area contributed by atoms with Crippen LogP contribution in [0, 0.1) is 5.82 Å². The molecule has 0 atom stereocenters. The highest BCUT2D eigenvalue weighted by Gasteiger charge is 2.20. The van der Waals surface area contributed by atoms with E-state index in [4.69, 9.17) is 9.97 Å². The van der Waals surface area contributed by atoms with Crippen LogP contribution in [0.2, 0.25) is 0 Å². The van der Waals surface area contributed by atoms with Crippen LogP contribution in [0.5, 0.6) is 0 Å². The molecule has 1 aliphatic heterocycles. The number of hydrogen-bond acceptors (Lipinski definition) is 5. The van der Waals surface area contributed by atoms with Gasteiger partial charge >= 0.3 is 0 Å². The Morgan fingerprint density at radius 1 is 0.903 bits per heavy atom. The van der Waals surface area contributed by atoms with Gasteiger partial charge in [-0.05, 0) is 56.3 Å². The molecule has 1 aromatic carbocycles. The van der Waals surface area contributed by atoms with Gasteiger partial charge in [0.05, 0.1) is 16.7 Å². The van der Waals surface area contributed by atoms with E-state index in [1.165, 1.54) is 12.1 Å². The Bertz CT molecular complexity index is 1400. The highest BCUT2D eigenvalue weighted by Crippen LogP contribution is 2.31. The number of pyridine rings is 2. The maximum Gasteiger partial charge on any atom is 0.161 e. The normalized spacial score (nSPS) is 15.1. The number of nitrogens with zero attached hydrogens (tertiary/aromatic N) is 4. The Morgan fingerprint density at radius 2 is 1.77 bits per heavy atom. The van der Waals surface area contributed by atoms with E-state index in [1.807, 2.05) is 18.2 Å². The average molecular weight is 413 g/mol. The van der Waals surface area contributed by atoms with Crippen LogP contribution in [0.15, 0.2) is 48.7 Å². The fraction of sp³-hybridized carbons (Fsp3) is 0.217. The third-order valence-corrected chi connectivity index (χ3v) is 5.91. The topological polar surface area (TPSA) is 95.2 Å². The van der Waals surface area contributed by atoms with E-state index >= 15 is 0 Å². The van der Waals surface area contributed by atoms with E-state index in [0.717, 1.165) is 48.2 Å². The van der Waals surface area contributed by atoms with Gasteiger partial charge in [-0.1, -0.05) is 12.1 Å². The lowest BCUT2D eigenvalue weighted by Gasteiger charge is -2.22. The molecule has 0 radical (unpaired) electrons. The second kappa shape index (κ2) is 7.24. The van der Waals surface area contributed by atoms with Crippen molar-refractivity contribution in [2.75, 3.05) is 13.1 Å². The molecule has 1 saturated heterocycles. The molecule has 3 N–H and O–H groups in total. The van der Waals surface area contributed by atoms with Crippen LogP contribution >= 0.6 is 0 Å². The van der Waals surface area contributed by atoms with Crippen molar-refractivity contribution >= 4 is 22.1 Å². The van der Waals surface area contributed by atoms with Crippen molar-refractivity contribution < 1.29 is 4.39 Å². The minimum atomic E-state index is -0.306. The third-order valence-electron chi connectivity index (χ3n) is 5.91. The van der Waals surface area contributed by atoms with Crippen LogP contribution in [-0.2, 0) is 0 Å². The molecule has 0 bridgehead atoms. The molecule has 4 aromatic heterocycles. The first-order valence-corrected chi connectivity index (χ1v) is 10.4. The summed E-state index contributed by atoms with van der Waals surface area (Å²) in [5.41, 5.74) is 6.24. The summed E-state index contributed by atoms with van der Waals surface area (Å²) in [6, 6.07) is 12.4. The number of aromatic nitrogens is 6. The minimum absolute atomic E-state index is 0.306. The summed E-state index contributed by atoms with van der Waals surface area (Å²) in [4.78, 5) is 17.5. The van der Waals surface area contributed by atoms with Crippen molar-refractivity contribution in [2.45, 2.75) is 18.8 Å². The van der Waals surface area contributed by atoms with Crippen LogP contribution in [0.4, 0.5) is 4.39 Å². The van der Waals surface area contributed by atoms with E-state index in [-0.39, 0.29) is 5.82 Å². The molecule has 5 heterocycles. The van der Waals surface area contributed by atoms with Gasteiger partial charge in [-0.3, -0.25) is 10.1 Å². The van der Waals surface area contributed by atoms with Crippen molar-refractivity contribution in [3.8, 4) is 22.8 Å². The Morgan fingerprint density at radius 3 is 2.65 bits per heavy atom. The summed E-state index contributed by atoms with van der Waals surface area (Å²) >= 11 is 0. The van der Waals surface area contributed by atoms with Crippen LogP contribution in [0.1, 0.15) is 24.5 Å². The third kappa shape index (κ3) is 3.16.